The SMILES string of the molecule is Cl.NC(CCO)c1cc(C(F)(F)F)ccc1F. The summed E-state index contributed by atoms with van der Waals surface area (Å²) in [5.41, 5.74) is 4.27. The molecule has 7 heteroatoms. The lowest BCUT2D eigenvalue weighted by Crippen LogP contribution is -2.15. The Morgan fingerprint density at radius 1 is 1.29 bits per heavy atom. The van der Waals surface area contributed by atoms with Gasteiger partial charge >= 0.3 is 6.18 Å². The van der Waals surface area contributed by atoms with Crippen molar-refractivity contribution < 1.29 is 22.7 Å². The topological polar surface area (TPSA) is 46.2 Å². The summed E-state index contributed by atoms with van der Waals surface area (Å²) in [6.45, 7) is -0.309. The maximum Gasteiger partial charge on any atom is 0.416 e. The molecule has 17 heavy (non-hydrogen) atoms. The second-order valence-electron chi connectivity index (χ2n) is 3.35. The van der Waals surface area contributed by atoms with Gasteiger partial charge in [-0.3, -0.25) is 0 Å². The Kier molecular flexibility index (Phi) is 5.87. The van der Waals surface area contributed by atoms with E-state index in [1.165, 1.54) is 0 Å². The lowest BCUT2D eigenvalue weighted by Gasteiger charge is -2.14. The van der Waals surface area contributed by atoms with E-state index in [0.717, 1.165) is 6.07 Å². The average molecular weight is 274 g/mol. The van der Waals surface area contributed by atoms with Crippen molar-refractivity contribution in [2.24, 2.45) is 5.73 Å². The molecular formula is C10H12ClF4NO. The van der Waals surface area contributed by atoms with Gasteiger partial charge in [-0.15, -0.1) is 12.4 Å². The van der Waals surface area contributed by atoms with Gasteiger partial charge in [-0.25, -0.2) is 4.39 Å². The number of aliphatic hydroxyl groups is 1. The van der Waals surface area contributed by atoms with Crippen molar-refractivity contribution in [3.05, 3.63) is 35.1 Å². The predicted octanol–water partition coefficient (Wildman–Crippen LogP) is 2.65. The number of hydrogen-bond donors (Lipinski definition) is 2. The maximum absolute atomic E-state index is 13.2. The minimum Gasteiger partial charge on any atom is -0.396 e. The van der Waals surface area contributed by atoms with Crippen LogP contribution in [0.15, 0.2) is 18.2 Å². The summed E-state index contributed by atoms with van der Waals surface area (Å²) in [7, 11) is 0. The summed E-state index contributed by atoms with van der Waals surface area (Å²) in [6, 6.07) is 1.13. The molecule has 1 aromatic carbocycles. The monoisotopic (exact) mass is 273 g/mol. The van der Waals surface area contributed by atoms with E-state index in [0.29, 0.717) is 12.1 Å². The highest BCUT2D eigenvalue weighted by atomic mass is 35.5. The molecule has 0 heterocycles. The summed E-state index contributed by atoms with van der Waals surface area (Å²) in [5, 5.41) is 8.59. The van der Waals surface area contributed by atoms with Gasteiger partial charge in [-0.1, -0.05) is 0 Å². The molecule has 0 aliphatic rings. The minimum absolute atomic E-state index is 0. The normalized spacial score (nSPS) is 13.1. The van der Waals surface area contributed by atoms with Crippen LogP contribution < -0.4 is 5.73 Å². The molecule has 98 valence electrons. The molecule has 0 fully saturated rings. The van der Waals surface area contributed by atoms with E-state index in [1.54, 1.807) is 0 Å². The van der Waals surface area contributed by atoms with Crippen molar-refractivity contribution >= 4 is 12.4 Å². The van der Waals surface area contributed by atoms with E-state index in [-0.39, 0.29) is 31.0 Å². The Hall–Kier alpha value is -0.850. The van der Waals surface area contributed by atoms with Gasteiger partial charge in [-0.05, 0) is 24.6 Å². The van der Waals surface area contributed by atoms with Crippen molar-refractivity contribution in [3.63, 3.8) is 0 Å². The van der Waals surface area contributed by atoms with Crippen molar-refractivity contribution in [1.82, 2.24) is 0 Å². The number of hydrogen-bond acceptors (Lipinski definition) is 2. The molecular weight excluding hydrogens is 262 g/mol. The van der Waals surface area contributed by atoms with Crippen LogP contribution in [0.4, 0.5) is 17.6 Å². The highest BCUT2D eigenvalue weighted by Gasteiger charge is 2.31. The molecule has 0 aliphatic heterocycles. The molecule has 1 atom stereocenters. The number of alkyl halides is 3. The Balaban J connectivity index is 0.00000256. The van der Waals surface area contributed by atoms with Crippen LogP contribution in [0.2, 0.25) is 0 Å². The van der Waals surface area contributed by atoms with Gasteiger partial charge in [0.05, 0.1) is 5.56 Å². The van der Waals surface area contributed by atoms with Gasteiger partial charge in [0.2, 0.25) is 0 Å². The third-order valence-corrected chi connectivity index (χ3v) is 2.16. The van der Waals surface area contributed by atoms with Gasteiger partial charge < -0.3 is 10.8 Å². The molecule has 3 N–H and O–H groups in total. The number of aliphatic hydroxyl groups excluding tert-OH is 1. The summed E-state index contributed by atoms with van der Waals surface area (Å²) < 4.78 is 50.2. The van der Waals surface area contributed by atoms with Crippen LogP contribution in [0.5, 0.6) is 0 Å². The zero-order valence-electron chi connectivity index (χ0n) is 8.67. The molecule has 1 rings (SSSR count). The van der Waals surface area contributed by atoms with Crippen LogP contribution >= 0.6 is 12.4 Å². The van der Waals surface area contributed by atoms with E-state index in [9.17, 15) is 17.6 Å². The summed E-state index contributed by atoms with van der Waals surface area (Å²) in [6.07, 6.45) is -4.51. The number of halogens is 5. The van der Waals surface area contributed by atoms with Gasteiger partial charge in [0.15, 0.2) is 0 Å². The largest absolute Gasteiger partial charge is 0.416 e. The fraction of sp³-hybridized carbons (Fsp3) is 0.400. The first-order valence-electron chi connectivity index (χ1n) is 4.59. The van der Waals surface area contributed by atoms with Crippen LogP contribution in [0.25, 0.3) is 0 Å². The Morgan fingerprint density at radius 2 is 1.88 bits per heavy atom. The smallest absolute Gasteiger partial charge is 0.396 e. The van der Waals surface area contributed by atoms with E-state index in [1.807, 2.05) is 0 Å². The van der Waals surface area contributed by atoms with E-state index in [4.69, 9.17) is 10.8 Å². The molecule has 0 bridgehead atoms. The summed E-state index contributed by atoms with van der Waals surface area (Å²) >= 11 is 0. The molecule has 1 aromatic rings. The van der Waals surface area contributed by atoms with Crippen molar-refractivity contribution in [1.29, 1.82) is 0 Å². The van der Waals surface area contributed by atoms with Gasteiger partial charge in [0, 0.05) is 18.2 Å². The first-order valence-corrected chi connectivity index (χ1v) is 4.59. The Bertz CT molecular complexity index is 370. The second kappa shape index (κ2) is 6.18. The quantitative estimate of drug-likeness (QED) is 0.832. The molecule has 0 amide bonds. The van der Waals surface area contributed by atoms with Crippen LogP contribution in [0, 0.1) is 5.82 Å². The average Bonchev–Trinajstić information content (AvgIpc) is 2.16. The molecule has 0 aromatic heterocycles. The van der Waals surface area contributed by atoms with Crippen LogP contribution in [0.1, 0.15) is 23.6 Å². The fourth-order valence-electron chi connectivity index (χ4n) is 1.30. The summed E-state index contributed by atoms with van der Waals surface area (Å²) in [5.74, 6) is -0.797. The van der Waals surface area contributed by atoms with E-state index < -0.39 is 23.6 Å². The Morgan fingerprint density at radius 3 is 2.35 bits per heavy atom. The number of nitrogens with two attached hydrogens (primary N) is 1. The molecule has 0 spiro atoms. The van der Waals surface area contributed by atoms with Crippen molar-refractivity contribution in [2.75, 3.05) is 6.61 Å². The molecule has 0 radical (unpaired) electrons. The van der Waals surface area contributed by atoms with Crippen LogP contribution in [-0.4, -0.2) is 11.7 Å². The third-order valence-electron chi connectivity index (χ3n) is 2.16. The third kappa shape index (κ3) is 4.14. The van der Waals surface area contributed by atoms with Crippen LogP contribution in [0.3, 0.4) is 0 Å². The lowest BCUT2D eigenvalue weighted by atomic mass is 10.0. The number of rotatable bonds is 3. The highest BCUT2D eigenvalue weighted by molar-refractivity contribution is 5.85. The summed E-state index contributed by atoms with van der Waals surface area (Å²) in [4.78, 5) is 0. The zero-order valence-corrected chi connectivity index (χ0v) is 9.48. The van der Waals surface area contributed by atoms with Crippen molar-refractivity contribution in [2.45, 2.75) is 18.6 Å². The molecule has 2 nitrogen and oxygen atoms in total. The zero-order chi connectivity index (χ0) is 12.3. The highest BCUT2D eigenvalue weighted by Crippen LogP contribution is 2.31. The first kappa shape index (κ1) is 16.1. The van der Waals surface area contributed by atoms with Gasteiger partial charge in [-0.2, -0.15) is 13.2 Å². The van der Waals surface area contributed by atoms with E-state index >= 15 is 0 Å². The predicted molar refractivity (Wildman–Crippen MR) is 57.3 cm³/mol. The second-order valence-corrected chi connectivity index (χ2v) is 3.35. The Labute approximate surface area is 102 Å². The van der Waals surface area contributed by atoms with Crippen molar-refractivity contribution in [3.8, 4) is 0 Å². The molecule has 1 unspecified atom stereocenters. The first-order chi connectivity index (χ1) is 7.36. The lowest BCUT2D eigenvalue weighted by molar-refractivity contribution is -0.137. The van der Waals surface area contributed by atoms with Gasteiger partial charge in [0.25, 0.3) is 0 Å². The fourth-order valence-corrected chi connectivity index (χ4v) is 1.30. The molecule has 0 saturated heterocycles. The van der Waals surface area contributed by atoms with E-state index in [2.05, 4.69) is 0 Å². The number of benzene rings is 1. The van der Waals surface area contributed by atoms with Crippen LogP contribution in [-0.2, 0) is 6.18 Å². The molecule has 0 saturated carbocycles. The maximum atomic E-state index is 13.2. The minimum atomic E-state index is -4.53. The standard InChI is InChI=1S/C10H11F4NO.ClH/c11-8-2-1-6(10(12,13)14)5-7(8)9(15)3-4-16;/h1-2,5,9,16H,3-4,15H2;1H. The molecule has 0 aliphatic carbocycles. The van der Waals surface area contributed by atoms with Gasteiger partial charge in [0.1, 0.15) is 5.82 Å².